The van der Waals surface area contributed by atoms with Gasteiger partial charge in [-0.25, -0.2) is 4.98 Å². The Morgan fingerprint density at radius 2 is 1.06 bits per heavy atom. The molecule has 0 atom stereocenters. The Morgan fingerprint density at radius 3 is 1.82 bits per heavy atom. The van der Waals surface area contributed by atoms with E-state index in [-0.39, 0.29) is 29.9 Å². The van der Waals surface area contributed by atoms with Crippen LogP contribution in [0.2, 0.25) is 0 Å². The van der Waals surface area contributed by atoms with Crippen molar-refractivity contribution in [1.82, 2.24) is 24.1 Å². The van der Waals surface area contributed by atoms with E-state index in [2.05, 4.69) is 10.6 Å². The maximum Gasteiger partial charge on any atom is 0.238 e. The molecule has 7 aromatic carbocycles. The van der Waals surface area contributed by atoms with E-state index in [1.54, 1.807) is 4.57 Å². The van der Waals surface area contributed by atoms with Crippen LogP contribution in [0.25, 0.3) is 100.0 Å². The molecule has 0 amide bonds. The van der Waals surface area contributed by atoms with Crippen molar-refractivity contribution in [3.05, 3.63) is 164 Å². The predicted octanol–water partition coefficient (Wildman–Crippen LogP) is 11.3. The minimum Gasteiger partial charge on any atom is -0.456 e. The van der Waals surface area contributed by atoms with Gasteiger partial charge < -0.3 is 8.98 Å². The monoisotopic (exact) mass is 658 g/mol. The number of hydrogen-bond acceptors (Lipinski definition) is 4. The highest BCUT2D eigenvalue weighted by atomic mass is 16.3. The number of aromatic nitrogens is 5. The minimum absolute atomic E-state index is 0.0980. The van der Waals surface area contributed by atoms with E-state index in [1.807, 2.05) is 127 Å². The van der Waals surface area contributed by atoms with Crippen molar-refractivity contribution in [3.8, 4) is 34.4 Å². The Bertz CT molecular complexity index is 3410. The molecule has 0 unspecified atom stereocenters. The van der Waals surface area contributed by atoms with Gasteiger partial charge in [0.05, 0.1) is 28.9 Å². The fourth-order valence-corrected chi connectivity index (χ4v) is 7.59. The van der Waals surface area contributed by atoms with Gasteiger partial charge in [0.25, 0.3) is 0 Å². The highest BCUT2D eigenvalue weighted by Crippen LogP contribution is 2.42. The van der Waals surface area contributed by atoms with Crippen molar-refractivity contribution >= 4 is 65.6 Å². The molecule has 0 radical (unpaired) electrons. The number of nitrogens with zero attached hydrogens (tertiary/aromatic N) is 5. The first-order valence-corrected chi connectivity index (χ1v) is 16.6. The molecule has 0 N–H and O–H groups in total. The lowest BCUT2D eigenvalue weighted by Crippen LogP contribution is -2.06. The average Bonchev–Trinajstić information content (AvgIpc) is 3.90. The molecule has 4 aromatic heterocycles. The molecule has 238 valence electrons. The molecule has 0 spiro atoms. The fraction of sp³-hybridized carbons (Fsp3) is 0. The van der Waals surface area contributed by atoms with Crippen LogP contribution in [0.1, 0.15) is 6.85 Å². The van der Waals surface area contributed by atoms with E-state index in [4.69, 9.17) is 26.2 Å². The lowest BCUT2D eigenvalue weighted by Gasteiger charge is -2.11. The Labute approximate surface area is 298 Å². The predicted molar refractivity (Wildman–Crippen MR) is 207 cm³/mol. The summed E-state index contributed by atoms with van der Waals surface area (Å²) >= 11 is 0. The van der Waals surface area contributed by atoms with Gasteiger partial charge >= 0.3 is 0 Å². The van der Waals surface area contributed by atoms with Crippen LogP contribution in [0.3, 0.4) is 0 Å². The van der Waals surface area contributed by atoms with E-state index < -0.39 is 6.04 Å². The van der Waals surface area contributed by atoms with Gasteiger partial charge in [-0.05, 0) is 48.5 Å². The van der Waals surface area contributed by atoms with Gasteiger partial charge in [-0.2, -0.15) is 9.97 Å². The Balaban J connectivity index is 1.26. The number of rotatable bonds is 4. The van der Waals surface area contributed by atoms with Crippen LogP contribution < -0.4 is 0 Å². The highest BCUT2D eigenvalue weighted by molar-refractivity contribution is 6.28. The van der Waals surface area contributed by atoms with Crippen LogP contribution >= 0.6 is 0 Å². The summed E-state index contributed by atoms with van der Waals surface area (Å²) in [6.45, 7) is 0. The zero-order chi connectivity index (χ0) is 37.8. The zero-order valence-corrected chi connectivity index (χ0v) is 26.8. The molecule has 0 bridgehead atoms. The molecule has 11 aromatic rings. The van der Waals surface area contributed by atoms with Gasteiger partial charge in [0.2, 0.25) is 5.95 Å². The largest absolute Gasteiger partial charge is 0.456 e. The molecule has 11 rings (SSSR count). The Morgan fingerprint density at radius 1 is 0.451 bits per heavy atom. The molecule has 0 saturated carbocycles. The topological polar surface area (TPSA) is 61.7 Å². The first-order chi connectivity index (χ1) is 27.4. The number of furan rings is 1. The summed E-state index contributed by atoms with van der Waals surface area (Å²) < 4.78 is 53.1. The van der Waals surface area contributed by atoms with Crippen molar-refractivity contribution < 1.29 is 11.3 Å². The molecule has 6 heteroatoms. The van der Waals surface area contributed by atoms with Crippen LogP contribution in [0.5, 0.6) is 0 Å². The molecule has 0 aliphatic rings. The summed E-state index contributed by atoms with van der Waals surface area (Å²) in [4.78, 5) is 15.5. The second-order valence-corrected chi connectivity index (χ2v) is 12.5. The summed E-state index contributed by atoms with van der Waals surface area (Å²) in [6, 6.07) is 41.8. The average molecular weight is 659 g/mol. The van der Waals surface area contributed by atoms with Crippen LogP contribution in [0.15, 0.2) is 168 Å². The molecular weight excluding hydrogens is 627 g/mol. The molecule has 0 aliphatic carbocycles. The first kappa shape index (κ1) is 23.3. The zero-order valence-electron chi connectivity index (χ0n) is 31.8. The highest BCUT2D eigenvalue weighted by Gasteiger charge is 2.23. The summed E-state index contributed by atoms with van der Waals surface area (Å²) in [5.74, 6) is 1.44. The summed E-state index contributed by atoms with van der Waals surface area (Å²) in [5.41, 5.74) is 6.41. The lowest BCUT2D eigenvalue weighted by atomic mass is 10.1. The van der Waals surface area contributed by atoms with Crippen molar-refractivity contribution in [1.29, 1.82) is 0 Å². The molecule has 0 aliphatic heterocycles. The van der Waals surface area contributed by atoms with Crippen LogP contribution in [0, 0.1) is 0 Å². The normalized spacial score (nSPS) is 13.3. The first-order valence-electron chi connectivity index (χ1n) is 19.1. The molecule has 6 nitrogen and oxygen atoms in total. The summed E-state index contributed by atoms with van der Waals surface area (Å²) in [7, 11) is 0. The molecular formula is C45H27N5O. The number of benzene rings is 7. The van der Waals surface area contributed by atoms with E-state index >= 15 is 0 Å². The number of hydrogen-bond donors (Lipinski definition) is 0. The van der Waals surface area contributed by atoms with Gasteiger partial charge in [-0.15, -0.1) is 0 Å². The molecule has 0 saturated heterocycles. The number of fused-ring (bicyclic) bond motifs is 10. The van der Waals surface area contributed by atoms with Gasteiger partial charge in [0.1, 0.15) is 11.2 Å². The second-order valence-electron chi connectivity index (χ2n) is 12.5. The third kappa shape index (κ3) is 4.07. The summed E-state index contributed by atoms with van der Waals surface area (Å²) in [6.07, 6.45) is 0. The van der Waals surface area contributed by atoms with Crippen LogP contribution in [0.4, 0.5) is 0 Å². The maximum atomic E-state index is 8.91. The van der Waals surface area contributed by atoms with Crippen molar-refractivity contribution in [2.24, 2.45) is 0 Å². The van der Waals surface area contributed by atoms with E-state index in [0.29, 0.717) is 23.1 Å². The second kappa shape index (κ2) is 10.7. The quantitative estimate of drug-likeness (QED) is 0.189. The van der Waals surface area contributed by atoms with Crippen molar-refractivity contribution in [3.63, 3.8) is 0 Å². The SMILES string of the molecule is [2H]c1c([2H])c([2H])c(-n2c3ccccc3c3c4c5ccccc5n(-c5nc(-c6ccccc6)nc(-c6cccc7oc8ccccc8c67)n5)c4ccc32)c([2H])c1[2H]. The third-order valence-electron chi connectivity index (χ3n) is 9.68. The van der Waals surface area contributed by atoms with E-state index in [0.717, 1.165) is 71.2 Å². The minimum atomic E-state index is -0.432. The van der Waals surface area contributed by atoms with E-state index in [9.17, 15) is 0 Å². The molecule has 0 fully saturated rings. The van der Waals surface area contributed by atoms with E-state index in [1.165, 1.54) is 0 Å². The van der Waals surface area contributed by atoms with Crippen LogP contribution in [-0.4, -0.2) is 24.1 Å². The van der Waals surface area contributed by atoms with Crippen LogP contribution in [-0.2, 0) is 0 Å². The van der Waals surface area contributed by atoms with Crippen molar-refractivity contribution in [2.45, 2.75) is 0 Å². The Hall–Kier alpha value is -7.05. The van der Waals surface area contributed by atoms with Gasteiger partial charge in [-0.3, -0.25) is 4.57 Å². The molecule has 51 heavy (non-hydrogen) atoms. The van der Waals surface area contributed by atoms with Crippen molar-refractivity contribution in [2.75, 3.05) is 0 Å². The number of para-hydroxylation sites is 4. The van der Waals surface area contributed by atoms with Gasteiger partial charge in [0.15, 0.2) is 11.6 Å². The fourth-order valence-electron chi connectivity index (χ4n) is 7.59. The summed E-state index contributed by atoms with van der Waals surface area (Å²) in [5, 5.41) is 5.52. The lowest BCUT2D eigenvalue weighted by molar-refractivity contribution is 0.669. The smallest absolute Gasteiger partial charge is 0.238 e. The van der Waals surface area contributed by atoms with Gasteiger partial charge in [-0.1, -0.05) is 115 Å². The standard InChI is InChI=1S/C45H27N5O/c1-3-14-28(15-4-1)43-46-44(33-21-13-25-39-40(33)32-20-9-12-24-38(32)51-39)48-45(47-43)50-35-23-11-8-19-31(35)42-37(50)27-26-36-41(42)30-18-7-10-22-34(30)49(36)29-16-5-2-6-17-29/h1-27H/i2D,5D,6D,16D,17D. The van der Waals surface area contributed by atoms with Gasteiger partial charge in [0, 0.05) is 49.1 Å². The third-order valence-corrected chi connectivity index (χ3v) is 9.68. The maximum absolute atomic E-state index is 8.91. The molecule has 4 heterocycles. The Kier molecular flexibility index (Phi) is 4.91.